The van der Waals surface area contributed by atoms with E-state index in [2.05, 4.69) is 10.1 Å². The number of benzene rings is 1. The van der Waals surface area contributed by atoms with Crippen LogP contribution in [0.15, 0.2) is 35.0 Å². The first-order valence-electron chi connectivity index (χ1n) is 6.91. The van der Waals surface area contributed by atoms with Crippen molar-refractivity contribution in [2.45, 2.75) is 25.3 Å². The minimum Gasteiger partial charge on any atom is -0.367 e. The first kappa shape index (κ1) is 13.1. The van der Waals surface area contributed by atoms with E-state index < -0.39 is 0 Å². The molecule has 2 heterocycles. The van der Waals surface area contributed by atoms with Crippen LogP contribution in [0.2, 0.25) is 0 Å². The highest BCUT2D eigenvalue weighted by atomic mass is 19.1. The van der Waals surface area contributed by atoms with Gasteiger partial charge in [-0.1, -0.05) is 23.4 Å². The summed E-state index contributed by atoms with van der Waals surface area (Å²) in [6, 6.07) is 7.03. The highest BCUT2D eigenvalue weighted by Crippen LogP contribution is 2.26. The second-order valence-electron chi connectivity index (χ2n) is 5.23. The highest BCUT2D eigenvalue weighted by Gasteiger charge is 2.21. The number of rotatable bonds is 3. The van der Waals surface area contributed by atoms with Crippen molar-refractivity contribution in [2.75, 3.05) is 18.0 Å². The van der Waals surface area contributed by atoms with E-state index in [1.165, 1.54) is 6.07 Å². The Labute approximate surface area is 117 Å². The van der Waals surface area contributed by atoms with Crippen LogP contribution < -0.4 is 10.6 Å². The molecule has 0 aliphatic carbocycles. The fourth-order valence-electron chi connectivity index (χ4n) is 2.59. The molecule has 0 radical (unpaired) electrons. The summed E-state index contributed by atoms with van der Waals surface area (Å²) in [5.74, 6) is 0.501. The maximum Gasteiger partial charge on any atom is 0.164 e. The van der Waals surface area contributed by atoms with E-state index in [1.807, 2.05) is 6.07 Å². The molecule has 106 valence electrons. The molecule has 1 saturated heterocycles. The zero-order valence-corrected chi connectivity index (χ0v) is 11.3. The van der Waals surface area contributed by atoms with Crippen LogP contribution in [-0.2, 0) is 6.42 Å². The molecule has 1 aromatic carbocycles. The van der Waals surface area contributed by atoms with E-state index in [0.29, 0.717) is 17.7 Å². The number of anilines is 1. The van der Waals surface area contributed by atoms with Gasteiger partial charge >= 0.3 is 0 Å². The molecule has 0 unspecified atom stereocenters. The van der Waals surface area contributed by atoms with Crippen LogP contribution in [0.1, 0.15) is 24.2 Å². The number of hydrogen-bond acceptors (Lipinski definition) is 4. The number of nitrogens with two attached hydrogens (primary N) is 1. The van der Waals surface area contributed by atoms with Gasteiger partial charge in [0.25, 0.3) is 0 Å². The lowest BCUT2D eigenvalue weighted by Gasteiger charge is -2.31. The summed E-state index contributed by atoms with van der Waals surface area (Å²) in [6.07, 6.45) is 4.06. The molecule has 0 bridgehead atoms. The lowest BCUT2D eigenvalue weighted by molar-refractivity contribution is 0.387. The molecule has 0 amide bonds. The van der Waals surface area contributed by atoms with Crippen LogP contribution in [0.3, 0.4) is 0 Å². The number of piperidine rings is 1. The Hall–Kier alpha value is -1.88. The Bertz CT molecular complexity index is 576. The molecule has 0 atom stereocenters. The van der Waals surface area contributed by atoms with Gasteiger partial charge in [0.2, 0.25) is 0 Å². The van der Waals surface area contributed by atoms with Crippen LogP contribution in [0.25, 0.3) is 0 Å². The monoisotopic (exact) mass is 275 g/mol. The zero-order chi connectivity index (χ0) is 13.9. The van der Waals surface area contributed by atoms with Gasteiger partial charge in [-0.25, -0.2) is 4.39 Å². The topological polar surface area (TPSA) is 55.3 Å². The van der Waals surface area contributed by atoms with Gasteiger partial charge in [0.15, 0.2) is 5.76 Å². The molecule has 1 fully saturated rings. The maximum absolute atomic E-state index is 13.7. The third-order valence-electron chi connectivity index (χ3n) is 3.81. The van der Waals surface area contributed by atoms with Crippen molar-refractivity contribution in [3.05, 3.63) is 47.6 Å². The van der Waals surface area contributed by atoms with E-state index in [0.717, 1.165) is 31.6 Å². The molecule has 3 rings (SSSR count). The SMILES string of the molecule is NC1CCN(c2cnoc2Cc2ccccc2F)CC1. The average Bonchev–Trinajstić information content (AvgIpc) is 2.90. The number of nitrogens with zero attached hydrogens (tertiary/aromatic N) is 2. The summed E-state index contributed by atoms with van der Waals surface area (Å²) in [7, 11) is 0. The van der Waals surface area contributed by atoms with E-state index in [1.54, 1.807) is 18.3 Å². The third kappa shape index (κ3) is 2.67. The van der Waals surface area contributed by atoms with Crippen molar-refractivity contribution >= 4 is 5.69 Å². The molecule has 20 heavy (non-hydrogen) atoms. The first-order chi connectivity index (χ1) is 9.74. The maximum atomic E-state index is 13.7. The Morgan fingerprint density at radius 3 is 2.80 bits per heavy atom. The standard InChI is InChI=1S/C15H18FN3O/c16-13-4-2-1-3-11(13)9-15-14(10-18-20-15)19-7-5-12(17)6-8-19/h1-4,10,12H,5-9,17H2. The average molecular weight is 275 g/mol. The molecule has 5 heteroatoms. The molecule has 1 aliphatic rings. The van der Waals surface area contributed by atoms with Gasteiger partial charge < -0.3 is 15.2 Å². The van der Waals surface area contributed by atoms with Crippen molar-refractivity contribution in [1.82, 2.24) is 5.16 Å². The Balaban J connectivity index is 1.79. The summed E-state index contributed by atoms with van der Waals surface area (Å²) >= 11 is 0. The van der Waals surface area contributed by atoms with Crippen molar-refractivity contribution in [3.8, 4) is 0 Å². The minimum absolute atomic E-state index is 0.212. The Morgan fingerprint density at radius 2 is 2.05 bits per heavy atom. The zero-order valence-electron chi connectivity index (χ0n) is 11.3. The molecule has 2 aromatic rings. The lowest BCUT2D eigenvalue weighted by atomic mass is 10.0. The quantitative estimate of drug-likeness (QED) is 0.934. The van der Waals surface area contributed by atoms with Crippen LogP contribution in [0, 0.1) is 5.82 Å². The van der Waals surface area contributed by atoms with Crippen LogP contribution in [0.4, 0.5) is 10.1 Å². The molecule has 0 spiro atoms. The smallest absolute Gasteiger partial charge is 0.164 e. The van der Waals surface area contributed by atoms with Gasteiger partial charge in [-0.2, -0.15) is 0 Å². The van der Waals surface area contributed by atoms with Crippen molar-refractivity contribution in [2.24, 2.45) is 5.73 Å². The Morgan fingerprint density at radius 1 is 1.30 bits per heavy atom. The van der Waals surface area contributed by atoms with E-state index in [-0.39, 0.29) is 11.9 Å². The van der Waals surface area contributed by atoms with E-state index >= 15 is 0 Å². The van der Waals surface area contributed by atoms with Crippen molar-refractivity contribution in [3.63, 3.8) is 0 Å². The normalized spacial score (nSPS) is 16.6. The largest absolute Gasteiger partial charge is 0.367 e. The van der Waals surface area contributed by atoms with Crippen LogP contribution in [-0.4, -0.2) is 24.3 Å². The summed E-state index contributed by atoms with van der Waals surface area (Å²) in [5, 5.41) is 3.87. The Kier molecular flexibility index (Phi) is 3.69. The summed E-state index contributed by atoms with van der Waals surface area (Å²) in [5.41, 5.74) is 7.50. The lowest BCUT2D eigenvalue weighted by Crippen LogP contribution is -2.39. The molecule has 1 aliphatic heterocycles. The fraction of sp³-hybridized carbons (Fsp3) is 0.400. The van der Waals surface area contributed by atoms with Crippen LogP contribution >= 0.6 is 0 Å². The van der Waals surface area contributed by atoms with E-state index in [4.69, 9.17) is 10.3 Å². The van der Waals surface area contributed by atoms with Gasteiger partial charge in [-0.15, -0.1) is 0 Å². The number of aromatic nitrogens is 1. The molecule has 1 aromatic heterocycles. The number of hydrogen-bond donors (Lipinski definition) is 1. The summed E-state index contributed by atoms with van der Waals surface area (Å²) in [4.78, 5) is 2.22. The van der Waals surface area contributed by atoms with Crippen molar-refractivity contribution in [1.29, 1.82) is 0 Å². The van der Waals surface area contributed by atoms with Gasteiger partial charge in [-0.3, -0.25) is 0 Å². The van der Waals surface area contributed by atoms with Crippen molar-refractivity contribution < 1.29 is 8.91 Å². The fourth-order valence-corrected chi connectivity index (χ4v) is 2.59. The predicted octanol–water partition coefficient (Wildman–Crippen LogP) is 2.33. The first-order valence-corrected chi connectivity index (χ1v) is 6.91. The van der Waals surface area contributed by atoms with Gasteiger partial charge in [0.05, 0.1) is 6.20 Å². The molecule has 2 N–H and O–H groups in total. The van der Waals surface area contributed by atoms with Gasteiger partial charge in [-0.05, 0) is 24.5 Å². The van der Waals surface area contributed by atoms with Crippen LogP contribution in [0.5, 0.6) is 0 Å². The second-order valence-corrected chi connectivity index (χ2v) is 5.23. The highest BCUT2D eigenvalue weighted by molar-refractivity contribution is 5.49. The third-order valence-corrected chi connectivity index (χ3v) is 3.81. The molecular weight excluding hydrogens is 257 g/mol. The van der Waals surface area contributed by atoms with Gasteiger partial charge in [0.1, 0.15) is 11.5 Å². The summed E-state index contributed by atoms with van der Waals surface area (Å²) in [6.45, 7) is 1.79. The molecular formula is C15H18FN3O. The van der Waals surface area contributed by atoms with E-state index in [9.17, 15) is 4.39 Å². The molecule has 0 saturated carbocycles. The van der Waals surface area contributed by atoms with Gasteiger partial charge in [0, 0.05) is 25.6 Å². The molecule has 4 nitrogen and oxygen atoms in total. The second kappa shape index (κ2) is 5.63. The summed E-state index contributed by atoms with van der Waals surface area (Å²) < 4.78 is 19.0. The number of halogens is 1. The predicted molar refractivity (Wildman–Crippen MR) is 75.1 cm³/mol. The minimum atomic E-state index is -0.212.